The lowest BCUT2D eigenvalue weighted by Gasteiger charge is -2.32. The fourth-order valence-corrected chi connectivity index (χ4v) is 2.88. The van der Waals surface area contributed by atoms with Crippen molar-refractivity contribution < 1.29 is 23.4 Å². The summed E-state index contributed by atoms with van der Waals surface area (Å²) in [6.07, 6.45) is 1.50. The van der Waals surface area contributed by atoms with Crippen LogP contribution in [0, 0.1) is 5.92 Å². The third kappa shape index (κ3) is 5.76. The Hall–Kier alpha value is -1.73. The number of carbonyl (C=O) groups is 1. The van der Waals surface area contributed by atoms with Gasteiger partial charge in [-0.15, -0.1) is 0 Å². The molecular weight excluding hydrogens is 306 g/mol. The number of alkyl halides is 2. The zero-order valence-electron chi connectivity index (χ0n) is 12.8. The van der Waals surface area contributed by atoms with Gasteiger partial charge in [0.25, 0.3) is 0 Å². The highest BCUT2D eigenvalue weighted by atomic mass is 19.3. The molecule has 1 amide bonds. The van der Waals surface area contributed by atoms with Crippen LogP contribution in [0.15, 0.2) is 24.3 Å². The van der Waals surface area contributed by atoms with Crippen LogP contribution in [-0.2, 0) is 4.79 Å². The average Bonchev–Trinajstić information content (AvgIpc) is 2.49. The molecule has 0 bridgehead atoms. The summed E-state index contributed by atoms with van der Waals surface area (Å²) in [6.45, 7) is -0.769. The molecule has 0 saturated carbocycles. The fraction of sp³-hybridized carbons (Fsp3) is 0.562. The summed E-state index contributed by atoms with van der Waals surface area (Å²) in [5, 5.41) is 10.3. The maximum Gasteiger partial charge on any atom is 0.387 e. The fourth-order valence-electron chi connectivity index (χ4n) is 2.88. The van der Waals surface area contributed by atoms with Crippen LogP contribution in [0.3, 0.4) is 0 Å². The van der Waals surface area contributed by atoms with E-state index >= 15 is 0 Å². The van der Waals surface area contributed by atoms with Crippen molar-refractivity contribution >= 4 is 5.91 Å². The number of rotatable bonds is 7. The molecular formula is C16H22F2N2O3. The first-order valence-corrected chi connectivity index (χ1v) is 7.67. The van der Waals surface area contributed by atoms with Crippen LogP contribution in [0.1, 0.15) is 30.9 Å². The van der Waals surface area contributed by atoms with Crippen molar-refractivity contribution in [2.45, 2.75) is 32.0 Å². The Balaban J connectivity index is 1.80. The summed E-state index contributed by atoms with van der Waals surface area (Å²) in [7, 11) is 0. The standard InChI is InChI=1S/C16H22F2N2O3/c17-16(18)23-13-3-1-12(2-4-13)14(21)10-20-7-5-11(6-8-20)9-15(19)22/h1-4,11,14,16,21H,5-10H2,(H2,19,22). The molecule has 1 fully saturated rings. The third-order valence-corrected chi connectivity index (χ3v) is 4.12. The van der Waals surface area contributed by atoms with Crippen molar-refractivity contribution in [3.8, 4) is 5.75 Å². The Kier molecular flexibility index (Phi) is 6.29. The summed E-state index contributed by atoms with van der Waals surface area (Å²) in [4.78, 5) is 13.0. The lowest BCUT2D eigenvalue weighted by Crippen LogP contribution is -2.37. The molecule has 0 aromatic heterocycles. The van der Waals surface area contributed by atoms with Crippen molar-refractivity contribution in [1.29, 1.82) is 0 Å². The van der Waals surface area contributed by atoms with Gasteiger partial charge in [0.15, 0.2) is 0 Å². The van der Waals surface area contributed by atoms with E-state index in [-0.39, 0.29) is 11.7 Å². The van der Waals surface area contributed by atoms with Crippen molar-refractivity contribution in [2.24, 2.45) is 11.7 Å². The summed E-state index contributed by atoms with van der Waals surface area (Å²) in [5.74, 6) is 0.129. The van der Waals surface area contributed by atoms with Crippen LogP contribution in [-0.4, -0.2) is 42.2 Å². The van der Waals surface area contributed by atoms with Gasteiger partial charge in [-0.2, -0.15) is 8.78 Å². The van der Waals surface area contributed by atoms with Gasteiger partial charge < -0.3 is 20.5 Å². The van der Waals surface area contributed by atoms with E-state index in [9.17, 15) is 18.7 Å². The van der Waals surface area contributed by atoms with Crippen molar-refractivity contribution in [3.63, 3.8) is 0 Å². The maximum atomic E-state index is 12.1. The minimum atomic E-state index is -2.85. The Morgan fingerprint density at radius 1 is 1.30 bits per heavy atom. The van der Waals surface area contributed by atoms with Gasteiger partial charge in [0, 0.05) is 13.0 Å². The number of hydrogen-bond donors (Lipinski definition) is 2. The van der Waals surface area contributed by atoms with Crippen LogP contribution in [0.2, 0.25) is 0 Å². The van der Waals surface area contributed by atoms with E-state index in [1.54, 1.807) is 12.1 Å². The van der Waals surface area contributed by atoms with E-state index in [0.717, 1.165) is 25.9 Å². The zero-order chi connectivity index (χ0) is 16.8. The molecule has 2 rings (SSSR count). The van der Waals surface area contributed by atoms with Crippen molar-refractivity contribution in [3.05, 3.63) is 29.8 Å². The third-order valence-electron chi connectivity index (χ3n) is 4.12. The molecule has 1 saturated heterocycles. The van der Waals surface area contributed by atoms with Gasteiger partial charge in [0.2, 0.25) is 5.91 Å². The Bertz CT molecular complexity index is 503. The molecule has 7 heteroatoms. The smallest absolute Gasteiger partial charge is 0.387 e. The highest BCUT2D eigenvalue weighted by Crippen LogP contribution is 2.24. The number of nitrogens with zero attached hydrogens (tertiary/aromatic N) is 1. The van der Waals surface area contributed by atoms with Gasteiger partial charge in [-0.05, 0) is 49.5 Å². The molecule has 1 aliphatic rings. The molecule has 0 radical (unpaired) electrons. The number of benzene rings is 1. The molecule has 0 spiro atoms. The minimum Gasteiger partial charge on any atom is -0.435 e. The second-order valence-corrected chi connectivity index (χ2v) is 5.88. The van der Waals surface area contributed by atoms with E-state index in [0.29, 0.717) is 24.4 Å². The van der Waals surface area contributed by atoms with Crippen molar-refractivity contribution in [2.75, 3.05) is 19.6 Å². The van der Waals surface area contributed by atoms with Gasteiger partial charge in [-0.25, -0.2) is 0 Å². The SMILES string of the molecule is NC(=O)CC1CCN(CC(O)c2ccc(OC(F)F)cc2)CC1. The average molecular weight is 328 g/mol. The number of amides is 1. The lowest BCUT2D eigenvalue weighted by molar-refractivity contribution is -0.119. The van der Waals surface area contributed by atoms with E-state index < -0.39 is 12.7 Å². The predicted octanol–water partition coefficient (Wildman–Crippen LogP) is 1.91. The molecule has 0 aliphatic carbocycles. The minimum absolute atomic E-state index is 0.0724. The monoisotopic (exact) mass is 328 g/mol. The molecule has 1 heterocycles. The number of likely N-dealkylation sites (tertiary alicyclic amines) is 1. The predicted molar refractivity (Wildman–Crippen MR) is 81.0 cm³/mol. The largest absolute Gasteiger partial charge is 0.435 e. The first kappa shape index (κ1) is 17.6. The van der Waals surface area contributed by atoms with Gasteiger partial charge in [-0.1, -0.05) is 12.1 Å². The van der Waals surface area contributed by atoms with Gasteiger partial charge >= 0.3 is 6.61 Å². The number of aliphatic hydroxyl groups is 1. The van der Waals surface area contributed by atoms with E-state index in [2.05, 4.69) is 9.64 Å². The van der Waals surface area contributed by atoms with Crippen LogP contribution in [0.4, 0.5) is 8.78 Å². The Morgan fingerprint density at radius 3 is 2.43 bits per heavy atom. The lowest BCUT2D eigenvalue weighted by atomic mass is 9.93. The van der Waals surface area contributed by atoms with E-state index in [1.165, 1.54) is 12.1 Å². The summed E-state index contributed by atoms with van der Waals surface area (Å²) in [5.41, 5.74) is 5.87. The number of piperidine rings is 1. The summed E-state index contributed by atoms with van der Waals surface area (Å²) >= 11 is 0. The molecule has 5 nitrogen and oxygen atoms in total. The van der Waals surface area contributed by atoms with E-state index in [1.807, 2.05) is 0 Å². The maximum absolute atomic E-state index is 12.1. The van der Waals surface area contributed by atoms with Crippen LogP contribution in [0.25, 0.3) is 0 Å². The molecule has 128 valence electrons. The van der Waals surface area contributed by atoms with Crippen LogP contribution >= 0.6 is 0 Å². The first-order valence-electron chi connectivity index (χ1n) is 7.67. The summed E-state index contributed by atoms with van der Waals surface area (Å²) in [6, 6.07) is 6.01. The first-order chi connectivity index (χ1) is 10.9. The number of halogens is 2. The highest BCUT2D eigenvalue weighted by Gasteiger charge is 2.22. The number of aliphatic hydroxyl groups excluding tert-OH is 1. The number of β-amino-alcohol motifs (C(OH)–C–C–N with tert-alkyl or cyclic N) is 1. The van der Waals surface area contributed by atoms with Gasteiger partial charge in [0.1, 0.15) is 5.75 Å². The Morgan fingerprint density at radius 2 is 1.91 bits per heavy atom. The number of ether oxygens (including phenoxy) is 1. The molecule has 1 aromatic carbocycles. The number of primary amides is 1. The van der Waals surface area contributed by atoms with Crippen LogP contribution < -0.4 is 10.5 Å². The zero-order valence-corrected chi connectivity index (χ0v) is 12.8. The summed E-state index contributed by atoms with van der Waals surface area (Å²) < 4.78 is 28.5. The molecule has 1 atom stereocenters. The topological polar surface area (TPSA) is 75.8 Å². The second kappa shape index (κ2) is 8.21. The quantitative estimate of drug-likeness (QED) is 0.802. The van der Waals surface area contributed by atoms with E-state index in [4.69, 9.17) is 5.73 Å². The molecule has 3 N–H and O–H groups in total. The molecule has 23 heavy (non-hydrogen) atoms. The van der Waals surface area contributed by atoms with Crippen molar-refractivity contribution in [1.82, 2.24) is 4.90 Å². The Labute approximate surface area is 134 Å². The molecule has 1 unspecified atom stereocenters. The molecule has 1 aromatic rings. The highest BCUT2D eigenvalue weighted by molar-refractivity contribution is 5.73. The van der Waals surface area contributed by atoms with Crippen LogP contribution in [0.5, 0.6) is 5.75 Å². The van der Waals surface area contributed by atoms with Gasteiger partial charge in [0.05, 0.1) is 6.10 Å². The van der Waals surface area contributed by atoms with Gasteiger partial charge in [-0.3, -0.25) is 4.79 Å². The second-order valence-electron chi connectivity index (χ2n) is 5.88. The molecule has 1 aliphatic heterocycles. The normalized spacial score (nSPS) is 18.1. The number of hydrogen-bond acceptors (Lipinski definition) is 4. The number of carbonyl (C=O) groups excluding carboxylic acids is 1. The number of nitrogens with two attached hydrogens (primary N) is 1.